The maximum absolute atomic E-state index is 9.40. The molecule has 0 aliphatic carbocycles. The number of rotatable bonds is 4. The number of pyridine rings is 1. The number of hydrogen-bond acceptors (Lipinski definition) is 3. The number of halogens is 1. The van der Waals surface area contributed by atoms with Crippen LogP contribution in [0.3, 0.4) is 0 Å². The standard InChI is InChI=1S/C14H17BrN2O/c1-9(2)13(8-18)17-12-6-7-16-14-10(12)4-3-5-11(14)15/h3-7,9,13,18H,8H2,1-2H3,(H,16,17)/t13-/m1/s1. The molecule has 0 aliphatic heterocycles. The molecule has 0 aliphatic rings. The Morgan fingerprint density at radius 1 is 1.33 bits per heavy atom. The minimum atomic E-state index is 0.0505. The predicted octanol–water partition coefficient (Wildman–Crippen LogP) is 3.43. The molecule has 96 valence electrons. The smallest absolute Gasteiger partial charge is 0.0864 e. The summed E-state index contributed by atoms with van der Waals surface area (Å²) in [6, 6.07) is 7.99. The Hall–Kier alpha value is -1.13. The van der Waals surface area contributed by atoms with E-state index in [9.17, 15) is 5.11 Å². The molecule has 0 amide bonds. The second kappa shape index (κ2) is 5.67. The Bertz CT molecular complexity index is 542. The maximum Gasteiger partial charge on any atom is 0.0864 e. The van der Waals surface area contributed by atoms with Crippen LogP contribution in [-0.4, -0.2) is 22.7 Å². The molecule has 0 saturated heterocycles. The quantitative estimate of drug-likeness (QED) is 0.909. The SMILES string of the molecule is CC(C)[C@@H](CO)Nc1ccnc2c(Br)cccc12. The highest BCUT2D eigenvalue weighted by Crippen LogP contribution is 2.28. The number of nitrogens with one attached hydrogen (secondary N) is 1. The Kier molecular flexibility index (Phi) is 4.19. The van der Waals surface area contributed by atoms with Crippen LogP contribution in [0.4, 0.5) is 5.69 Å². The number of benzene rings is 1. The van der Waals surface area contributed by atoms with Crippen LogP contribution in [0.2, 0.25) is 0 Å². The van der Waals surface area contributed by atoms with Crippen molar-refractivity contribution >= 4 is 32.5 Å². The number of aromatic nitrogens is 1. The van der Waals surface area contributed by atoms with Gasteiger partial charge in [0, 0.05) is 21.7 Å². The number of para-hydroxylation sites is 1. The Morgan fingerprint density at radius 3 is 2.78 bits per heavy atom. The average Bonchev–Trinajstić information content (AvgIpc) is 2.36. The van der Waals surface area contributed by atoms with Crippen molar-refractivity contribution in [3.8, 4) is 0 Å². The molecule has 0 bridgehead atoms. The molecular formula is C14H17BrN2O. The third-order valence-electron chi connectivity index (χ3n) is 3.06. The average molecular weight is 309 g/mol. The summed E-state index contributed by atoms with van der Waals surface area (Å²) in [5.41, 5.74) is 1.94. The molecule has 3 nitrogen and oxygen atoms in total. The molecule has 0 unspecified atom stereocenters. The molecule has 1 aromatic heterocycles. The first kappa shape index (κ1) is 13.3. The zero-order valence-corrected chi connectivity index (χ0v) is 12.1. The number of fused-ring (bicyclic) bond motifs is 1. The molecule has 4 heteroatoms. The molecule has 0 saturated carbocycles. The Morgan fingerprint density at radius 2 is 2.11 bits per heavy atom. The summed E-state index contributed by atoms with van der Waals surface area (Å²) >= 11 is 3.50. The van der Waals surface area contributed by atoms with E-state index in [-0.39, 0.29) is 12.6 Å². The van der Waals surface area contributed by atoms with E-state index in [4.69, 9.17) is 0 Å². The van der Waals surface area contributed by atoms with Gasteiger partial charge in [0.15, 0.2) is 0 Å². The van der Waals surface area contributed by atoms with Crippen molar-refractivity contribution in [2.75, 3.05) is 11.9 Å². The second-order valence-corrected chi connectivity index (χ2v) is 5.53. The second-order valence-electron chi connectivity index (χ2n) is 4.67. The topological polar surface area (TPSA) is 45.1 Å². The van der Waals surface area contributed by atoms with E-state index in [1.54, 1.807) is 6.20 Å². The maximum atomic E-state index is 9.40. The van der Waals surface area contributed by atoms with E-state index >= 15 is 0 Å². The molecule has 2 rings (SSSR count). The lowest BCUT2D eigenvalue weighted by Crippen LogP contribution is -2.29. The zero-order chi connectivity index (χ0) is 13.1. The van der Waals surface area contributed by atoms with Crippen LogP contribution in [0, 0.1) is 5.92 Å². The lowest BCUT2D eigenvalue weighted by Gasteiger charge is -2.22. The summed E-state index contributed by atoms with van der Waals surface area (Å²) in [4.78, 5) is 4.37. The Labute approximate surface area is 115 Å². The van der Waals surface area contributed by atoms with Crippen molar-refractivity contribution in [1.82, 2.24) is 4.98 Å². The van der Waals surface area contributed by atoms with Gasteiger partial charge in [-0.2, -0.15) is 0 Å². The van der Waals surface area contributed by atoms with Crippen LogP contribution in [0.5, 0.6) is 0 Å². The van der Waals surface area contributed by atoms with Gasteiger partial charge < -0.3 is 10.4 Å². The predicted molar refractivity (Wildman–Crippen MR) is 78.8 cm³/mol. The summed E-state index contributed by atoms with van der Waals surface area (Å²) in [7, 11) is 0. The van der Waals surface area contributed by atoms with Gasteiger partial charge in [-0.25, -0.2) is 0 Å². The van der Waals surface area contributed by atoms with Gasteiger partial charge in [0.25, 0.3) is 0 Å². The molecule has 1 atom stereocenters. The monoisotopic (exact) mass is 308 g/mol. The van der Waals surface area contributed by atoms with Crippen molar-refractivity contribution in [2.24, 2.45) is 5.92 Å². The largest absolute Gasteiger partial charge is 0.394 e. The van der Waals surface area contributed by atoms with Gasteiger partial charge in [0.05, 0.1) is 18.2 Å². The summed E-state index contributed by atoms with van der Waals surface area (Å²) < 4.78 is 0.980. The first-order valence-electron chi connectivity index (χ1n) is 6.04. The number of aliphatic hydroxyl groups excluding tert-OH is 1. The van der Waals surface area contributed by atoms with Crippen molar-refractivity contribution in [1.29, 1.82) is 0 Å². The van der Waals surface area contributed by atoms with Gasteiger partial charge >= 0.3 is 0 Å². The molecule has 2 aromatic rings. The van der Waals surface area contributed by atoms with E-state index in [0.717, 1.165) is 21.1 Å². The summed E-state index contributed by atoms with van der Waals surface area (Å²) in [5, 5.41) is 13.8. The first-order valence-corrected chi connectivity index (χ1v) is 6.83. The van der Waals surface area contributed by atoms with Crippen molar-refractivity contribution in [2.45, 2.75) is 19.9 Å². The highest BCUT2D eigenvalue weighted by atomic mass is 79.9. The first-order chi connectivity index (χ1) is 8.63. The minimum absolute atomic E-state index is 0.0505. The van der Waals surface area contributed by atoms with Crippen molar-refractivity contribution in [3.05, 3.63) is 34.9 Å². The van der Waals surface area contributed by atoms with E-state index in [0.29, 0.717) is 5.92 Å². The van der Waals surface area contributed by atoms with Crippen LogP contribution in [-0.2, 0) is 0 Å². The van der Waals surface area contributed by atoms with Gasteiger partial charge in [0.1, 0.15) is 0 Å². The molecule has 0 spiro atoms. The number of anilines is 1. The third-order valence-corrected chi connectivity index (χ3v) is 3.70. The van der Waals surface area contributed by atoms with Gasteiger partial charge in [-0.1, -0.05) is 26.0 Å². The Balaban J connectivity index is 2.42. The number of nitrogens with zero attached hydrogens (tertiary/aromatic N) is 1. The molecular weight excluding hydrogens is 292 g/mol. The molecule has 0 fully saturated rings. The lowest BCUT2D eigenvalue weighted by molar-refractivity contribution is 0.249. The zero-order valence-electron chi connectivity index (χ0n) is 10.5. The van der Waals surface area contributed by atoms with Crippen LogP contribution in [0.15, 0.2) is 34.9 Å². The third kappa shape index (κ3) is 2.65. The lowest BCUT2D eigenvalue weighted by atomic mass is 10.0. The van der Waals surface area contributed by atoms with Crippen LogP contribution < -0.4 is 5.32 Å². The van der Waals surface area contributed by atoms with Gasteiger partial charge in [-0.15, -0.1) is 0 Å². The van der Waals surface area contributed by atoms with Crippen LogP contribution >= 0.6 is 15.9 Å². The normalized spacial score (nSPS) is 12.9. The fourth-order valence-corrected chi connectivity index (χ4v) is 2.36. The van der Waals surface area contributed by atoms with Crippen molar-refractivity contribution < 1.29 is 5.11 Å². The van der Waals surface area contributed by atoms with Gasteiger partial charge in [-0.3, -0.25) is 4.98 Å². The fourth-order valence-electron chi connectivity index (χ4n) is 1.89. The van der Waals surface area contributed by atoms with E-state index < -0.39 is 0 Å². The van der Waals surface area contributed by atoms with E-state index in [2.05, 4.69) is 40.1 Å². The molecule has 2 N–H and O–H groups in total. The summed E-state index contributed by atoms with van der Waals surface area (Å²) in [6.07, 6.45) is 1.78. The summed E-state index contributed by atoms with van der Waals surface area (Å²) in [6.45, 7) is 4.30. The highest BCUT2D eigenvalue weighted by molar-refractivity contribution is 9.10. The van der Waals surface area contributed by atoms with Gasteiger partial charge in [-0.05, 0) is 34.0 Å². The van der Waals surface area contributed by atoms with E-state index in [1.165, 1.54) is 0 Å². The van der Waals surface area contributed by atoms with Crippen LogP contribution in [0.25, 0.3) is 10.9 Å². The van der Waals surface area contributed by atoms with Crippen molar-refractivity contribution in [3.63, 3.8) is 0 Å². The number of aliphatic hydroxyl groups is 1. The molecule has 0 radical (unpaired) electrons. The van der Waals surface area contributed by atoms with Crippen LogP contribution in [0.1, 0.15) is 13.8 Å². The van der Waals surface area contributed by atoms with Gasteiger partial charge in [0.2, 0.25) is 0 Å². The molecule has 1 aromatic carbocycles. The minimum Gasteiger partial charge on any atom is -0.394 e. The molecule has 18 heavy (non-hydrogen) atoms. The van der Waals surface area contributed by atoms with E-state index in [1.807, 2.05) is 24.3 Å². The number of hydrogen-bond donors (Lipinski definition) is 2. The highest BCUT2D eigenvalue weighted by Gasteiger charge is 2.13. The summed E-state index contributed by atoms with van der Waals surface area (Å²) in [5.74, 6) is 0.366. The molecule has 1 heterocycles. The fraction of sp³-hybridized carbons (Fsp3) is 0.357.